The summed E-state index contributed by atoms with van der Waals surface area (Å²) in [6.45, 7) is 6.94. The number of carbonyl (C=O) groups excluding carboxylic acids is 2. The Bertz CT molecular complexity index is 574. The molecule has 0 aromatic rings. The zero-order valence-corrected chi connectivity index (χ0v) is 14.2. The summed E-state index contributed by atoms with van der Waals surface area (Å²) in [6, 6.07) is 0. The van der Waals surface area contributed by atoms with Crippen molar-refractivity contribution < 1.29 is 9.59 Å². The second-order valence-electron chi connectivity index (χ2n) is 8.86. The van der Waals surface area contributed by atoms with E-state index in [2.05, 4.69) is 20.8 Å². The van der Waals surface area contributed by atoms with Crippen molar-refractivity contribution in [2.24, 2.45) is 34.5 Å². The van der Waals surface area contributed by atoms with Crippen LogP contribution in [0.5, 0.6) is 0 Å². The zero-order chi connectivity index (χ0) is 15.7. The highest BCUT2D eigenvalue weighted by atomic mass is 16.1. The Labute approximate surface area is 133 Å². The Morgan fingerprint density at radius 2 is 1.82 bits per heavy atom. The summed E-state index contributed by atoms with van der Waals surface area (Å²) in [4.78, 5) is 24.4. The van der Waals surface area contributed by atoms with Crippen LogP contribution in [-0.2, 0) is 9.59 Å². The van der Waals surface area contributed by atoms with Crippen molar-refractivity contribution in [2.75, 3.05) is 0 Å². The third-order valence-corrected chi connectivity index (χ3v) is 8.22. The lowest BCUT2D eigenvalue weighted by Gasteiger charge is -2.58. The van der Waals surface area contributed by atoms with E-state index in [-0.39, 0.29) is 10.8 Å². The van der Waals surface area contributed by atoms with Gasteiger partial charge in [-0.25, -0.2) is 0 Å². The molecule has 3 fully saturated rings. The van der Waals surface area contributed by atoms with E-state index in [1.807, 2.05) is 6.08 Å². The quantitative estimate of drug-likeness (QED) is 0.667. The van der Waals surface area contributed by atoms with E-state index >= 15 is 0 Å². The van der Waals surface area contributed by atoms with Crippen molar-refractivity contribution >= 4 is 11.6 Å². The first-order chi connectivity index (χ1) is 10.4. The summed E-state index contributed by atoms with van der Waals surface area (Å²) >= 11 is 0. The molecule has 120 valence electrons. The van der Waals surface area contributed by atoms with Gasteiger partial charge in [0.2, 0.25) is 0 Å². The molecule has 0 aromatic heterocycles. The molecule has 0 bridgehead atoms. The lowest BCUT2D eigenvalue weighted by molar-refractivity contribution is -0.133. The van der Waals surface area contributed by atoms with Crippen LogP contribution < -0.4 is 0 Å². The summed E-state index contributed by atoms with van der Waals surface area (Å²) < 4.78 is 0. The molecule has 0 amide bonds. The van der Waals surface area contributed by atoms with Gasteiger partial charge in [0.1, 0.15) is 5.78 Å². The minimum atomic E-state index is -0.0352. The van der Waals surface area contributed by atoms with E-state index in [0.29, 0.717) is 41.7 Å². The summed E-state index contributed by atoms with van der Waals surface area (Å²) in [6.07, 6.45) is 9.12. The predicted octanol–water partition coefficient (Wildman–Crippen LogP) is 4.33. The molecule has 0 radical (unpaired) electrons. The van der Waals surface area contributed by atoms with E-state index in [1.165, 1.54) is 18.4 Å². The lowest BCUT2D eigenvalue weighted by Crippen LogP contribution is -2.53. The van der Waals surface area contributed by atoms with Crippen LogP contribution >= 0.6 is 0 Å². The number of ketones is 2. The van der Waals surface area contributed by atoms with Gasteiger partial charge in [-0.2, -0.15) is 0 Å². The van der Waals surface area contributed by atoms with Gasteiger partial charge in [-0.05, 0) is 67.3 Å². The van der Waals surface area contributed by atoms with Crippen LogP contribution in [-0.4, -0.2) is 11.6 Å². The van der Waals surface area contributed by atoms with Gasteiger partial charge in [-0.15, -0.1) is 0 Å². The number of carbonyl (C=O) groups is 2. The van der Waals surface area contributed by atoms with Gasteiger partial charge in [-0.1, -0.05) is 26.3 Å². The fourth-order valence-corrected chi connectivity index (χ4v) is 6.71. The monoisotopic (exact) mass is 300 g/mol. The average molecular weight is 300 g/mol. The highest BCUT2D eigenvalue weighted by molar-refractivity contribution is 5.92. The molecule has 2 nitrogen and oxygen atoms in total. The molecule has 0 saturated heterocycles. The van der Waals surface area contributed by atoms with Crippen molar-refractivity contribution in [3.8, 4) is 0 Å². The first-order valence-electron chi connectivity index (χ1n) is 9.14. The number of Topliss-reactive ketones (excluding diaryl/α,β-unsaturated/α-hetero) is 1. The minimum absolute atomic E-state index is 0.0352. The maximum atomic E-state index is 12.4. The topological polar surface area (TPSA) is 34.1 Å². The highest BCUT2D eigenvalue weighted by Crippen LogP contribution is 2.65. The Hall–Kier alpha value is -0.920. The van der Waals surface area contributed by atoms with E-state index in [1.54, 1.807) is 0 Å². The van der Waals surface area contributed by atoms with Gasteiger partial charge in [0.25, 0.3) is 0 Å². The van der Waals surface area contributed by atoms with Crippen LogP contribution in [0.2, 0.25) is 0 Å². The number of fused-ring (bicyclic) bond motifs is 5. The number of rotatable bonds is 0. The number of hydrogen-bond donors (Lipinski definition) is 0. The summed E-state index contributed by atoms with van der Waals surface area (Å²) in [5, 5.41) is 0. The molecule has 4 aliphatic carbocycles. The Morgan fingerprint density at radius 1 is 1.05 bits per heavy atom. The molecular formula is C20H28O2. The molecule has 2 heteroatoms. The van der Waals surface area contributed by atoms with Crippen LogP contribution in [0.3, 0.4) is 0 Å². The second kappa shape index (κ2) is 4.55. The van der Waals surface area contributed by atoms with Gasteiger partial charge in [0.05, 0.1) is 0 Å². The third kappa shape index (κ3) is 1.67. The molecule has 0 N–H and O–H groups in total. The van der Waals surface area contributed by atoms with Gasteiger partial charge in [0.15, 0.2) is 5.78 Å². The molecule has 1 unspecified atom stereocenters. The number of hydrogen-bond acceptors (Lipinski definition) is 2. The fraction of sp³-hybridized carbons (Fsp3) is 0.800. The lowest BCUT2D eigenvalue weighted by atomic mass is 9.45. The van der Waals surface area contributed by atoms with Crippen LogP contribution in [0, 0.1) is 34.5 Å². The van der Waals surface area contributed by atoms with E-state index < -0.39 is 0 Å². The molecule has 0 spiro atoms. The average Bonchev–Trinajstić information content (AvgIpc) is 2.77. The van der Waals surface area contributed by atoms with Gasteiger partial charge >= 0.3 is 0 Å². The van der Waals surface area contributed by atoms with Crippen molar-refractivity contribution in [3.63, 3.8) is 0 Å². The summed E-state index contributed by atoms with van der Waals surface area (Å²) in [5.41, 5.74) is 1.58. The first kappa shape index (κ1) is 14.7. The van der Waals surface area contributed by atoms with Crippen LogP contribution in [0.1, 0.15) is 65.7 Å². The minimum Gasteiger partial charge on any atom is -0.299 e. The van der Waals surface area contributed by atoms with E-state index in [0.717, 1.165) is 25.7 Å². The molecule has 4 rings (SSSR count). The predicted molar refractivity (Wildman–Crippen MR) is 86.3 cm³/mol. The molecule has 0 aliphatic heterocycles. The van der Waals surface area contributed by atoms with Crippen LogP contribution in [0.4, 0.5) is 0 Å². The van der Waals surface area contributed by atoms with Crippen LogP contribution in [0.25, 0.3) is 0 Å². The van der Waals surface area contributed by atoms with Crippen molar-refractivity contribution in [1.82, 2.24) is 0 Å². The van der Waals surface area contributed by atoms with Gasteiger partial charge < -0.3 is 0 Å². The first-order valence-corrected chi connectivity index (χ1v) is 9.14. The molecule has 0 heterocycles. The third-order valence-electron chi connectivity index (χ3n) is 8.22. The zero-order valence-electron chi connectivity index (χ0n) is 14.2. The summed E-state index contributed by atoms with van der Waals surface area (Å²) in [7, 11) is 0. The Balaban J connectivity index is 1.73. The molecule has 3 saturated carbocycles. The Kier molecular flexibility index (Phi) is 3.03. The molecule has 0 aromatic carbocycles. The van der Waals surface area contributed by atoms with E-state index in [9.17, 15) is 9.59 Å². The molecule has 6 atom stereocenters. The van der Waals surface area contributed by atoms with Crippen molar-refractivity contribution in [2.45, 2.75) is 65.7 Å². The maximum Gasteiger partial charge on any atom is 0.155 e. The highest BCUT2D eigenvalue weighted by Gasteiger charge is 2.60. The smallest absolute Gasteiger partial charge is 0.155 e. The molecule has 22 heavy (non-hydrogen) atoms. The van der Waals surface area contributed by atoms with E-state index in [4.69, 9.17) is 0 Å². The fourth-order valence-electron chi connectivity index (χ4n) is 6.71. The molecule has 4 aliphatic rings. The van der Waals surface area contributed by atoms with Gasteiger partial charge in [0, 0.05) is 18.3 Å². The van der Waals surface area contributed by atoms with Crippen molar-refractivity contribution in [1.29, 1.82) is 0 Å². The molecular weight excluding hydrogens is 272 g/mol. The van der Waals surface area contributed by atoms with Gasteiger partial charge in [-0.3, -0.25) is 9.59 Å². The number of allylic oxidation sites excluding steroid dienone is 1. The second-order valence-corrected chi connectivity index (χ2v) is 8.86. The Morgan fingerprint density at radius 3 is 2.59 bits per heavy atom. The SMILES string of the molecule is CC1CC(=O)C=C2CC[C@H]3[C@@H]4CCC(=O)[C@@]4(C)CC[C@@H]3[C@]21C. The maximum absolute atomic E-state index is 12.4. The normalized spacial score (nSPS) is 51.0. The van der Waals surface area contributed by atoms with Crippen molar-refractivity contribution in [3.05, 3.63) is 11.6 Å². The summed E-state index contributed by atoms with van der Waals surface area (Å²) in [5.74, 6) is 3.28. The largest absolute Gasteiger partial charge is 0.299 e. The van der Waals surface area contributed by atoms with Crippen LogP contribution in [0.15, 0.2) is 11.6 Å². The standard InChI is InChI=1S/C20H28O2/c1-12-10-14(21)11-13-4-5-15-16-6-7-18(22)19(16,2)9-8-17(15)20(12,13)3/h11-12,15-17H,4-10H2,1-3H3/t12?,15-,16-,17-,19-,20-/m0/s1.